The molecule has 1 aromatic carbocycles. The average molecular weight is 325 g/mol. The van der Waals surface area contributed by atoms with E-state index in [0.717, 1.165) is 5.56 Å². The van der Waals surface area contributed by atoms with E-state index in [4.69, 9.17) is 0 Å². The van der Waals surface area contributed by atoms with Crippen LogP contribution in [0, 0.1) is 6.92 Å². The molecule has 0 radical (unpaired) electrons. The van der Waals surface area contributed by atoms with Crippen molar-refractivity contribution < 1.29 is 9.59 Å². The number of benzene rings is 1. The summed E-state index contributed by atoms with van der Waals surface area (Å²) in [6, 6.07) is 9.88. The number of aryl methyl sites for hydroxylation is 1. The number of aromatic nitrogens is 2. The van der Waals surface area contributed by atoms with Crippen LogP contribution in [0.15, 0.2) is 41.6 Å². The molecule has 124 valence electrons. The van der Waals surface area contributed by atoms with Gasteiger partial charge < -0.3 is 5.32 Å². The first-order valence-electron chi connectivity index (χ1n) is 7.75. The molecule has 2 amide bonds. The summed E-state index contributed by atoms with van der Waals surface area (Å²) < 4.78 is 1.73. The van der Waals surface area contributed by atoms with Crippen molar-refractivity contribution in [1.29, 1.82) is 0 Å². The van der Waals surface area contributed by atoms with Crippen LogP contribution in [0.5, 0.6) is 0 Å². The maximum absolute atomic E-state index is 12.4. The second-order valence-electron chi connectivity index (χ2n) is 5.78. The minimum absolute atomic E-state index is 0.0870. The predicted molar refractivity (Wildman–Crippen MR) is 90.6 cm³/mol. The van der Waals surface area contributed by atoms with Crippen LogP contribution in [-0.2, 0) is 16.1 Å². The lowest BCUT2D eigenvalue weighted by Gasteiger charge is -2.19. The molecule has 0 fully saturated rings. The van der Waals surface area contributed by atoms with Crippen LogP contribution in [0.1, 0.15) is 24.0 Å². The van der Waals surface area contributed by atoms with Gasteiger partial charge in [0.25, 0.3) is 5.91 Å². The fourth-order valence-electron chi connectivity index (χ4n) is 2.57. The quantitative estimate of drug-likeness (QED) is 0.930. The van der Waals surface area contributed by atoms with Crippen molar-refractivity contribution in [3.63, 3.8) is 0 Å². The Morgan fingerprint density at radius 2 is 2.12 bits per heavy atom. The molecule has 1 aliphatic rings. The molecule has 0 atom stereocenters. The Morgan fingerprint density at radius 3 is 2.88 bits per heavy atom. The van der Waals surface area contributed by atoms with Gasteiger partial charge in [0.05, 0.1) is 12.7 Å². The number of amides is 2. The van der Waals surface area contributed by atoms with Crippen LogP contribution in [0.25, 0.3) is 0 Å². The first-order chi connectivity index (χ1) is 11.5. The summed E-state index contributed by atoms with van der Waals surface area (Å²) in [5.74, 6) is 0.208. The minimum atomic E-state index is -0.305. The number of hydrogen-bond acceptors (Lipinski definition) is 4. The van der Waals surface area contributed by atoms with E-state index in [1.165, 1.54) is 10.6 Å². The highest BCUT2D eigenvalue weighted by Gasteiger charge is 2.22. The van der Waals surface area contributed by atoms with Crippen LogP contribution in [-0.4, -0.2) is 39.4 Å². The van der Waals surface area contributed by atoms with E-state index in [2.05, 4.69) is 21.6 Å². The van der Waals surface area contributed by atoms with E-state index in [0.29, 0.717) is 30.9 Å². The zero-order valence-corrected chi connectivity index (χ0v) is 13.7. The molecular formula is C17H19N5O2. The fraction of sp³-hybridized carbons (Fsp3) is 0.294. The number of carbonyl (C=O) groups excluding carboxylic acids is 2. The molecule has 0 saturated heterocycles. The standard InChI is InChI=1S/C17H19N5O2/c1-12-4-3-5-13(10-12)11-22-15(8-9-18-22)19-17(24)14-6-7-16(23)21(2)20-14/h3-5,8-10H,6-7,11H2,1-2H3,(H,19,24). The van der Waals surface area contributed by atoms with E-state index >= 15 is 0 Å². The second-order valence-corrected chi connectivity index (χ2v) is 5.78. The maximum Gasteiger partial charge on any atom is 0.273 e. The van der Waals surface area contributed by atoms with Gasteiger partial charge in [-0.15, -0.1) is 0 Å². The number of anilines is 1. The number of hydrogen-bond donors (Lipinski definition) is 1. The van der Waals surface area contributed by atoms with Gasteiger partial charge in [0.1, 0.15) is 11.5 Å². The highest BCUT2D eigenvalue weighted by atomic mass is 16.2. The van der Waals surface area contributed by atoms with Crippen LogP contribution < -0.4 is 5.32 Å². The molecule has 0 spiro atoms. The summed E-state index contributed by atoms with van der Waals surface area (Å²) >= 11 is 0. The number of nitrogens with zero attached hydrogens (tertiary/aromatic N) is 4. The smallest absolute Gasteiger partial charge is 0.273 e. The van der Waals surface area contributed by atoms with Crippen molar-refractivity contribution in [3.05, 3.63) is 47.7 Å². The van der Waals surface area contributed by atoms with Crippen LogP contribution in [0.3, 0.4) is 0 Å². The Kier molecular flexibility index (Phi) is 4.41. The van der Waals surface area contributed by atoms with Gasteiger partial charge in [-0.3, -0.25) is 9.59 Å². The zero-order valence-electron chi connectivity index (χ0n) is 13.7. The van der Waals surface area contributed by atoms with Gasteiger partial charge in [0, 0.05) is 26.0 Å². The van der Waals surface area contributed by atoms with Gasteiger partial charge in [0.15, 0.2) is 0 Å². The third kappa shape index (κ3) is 3.51. The molecule has 0 unspecified atom stereocenters. The molecule has 7 nitrogen and oxygen atoms in total. The number of nitrogens with one attached hydrogen (secondary N) is 1. The molecule has 2 aromatic rings. The Bertz CT molecular complexity index is 809. The lowest BCUT2D eigenvalue weighted by atomic mass is 10.1. The van der Waals surface area contributed by atoms with E-state index in [1.807, 2.05) is 25.1 Å². The highest BCUT2D eigenvalue weighted by Crippen LogP contribution is 2.13. The molecular weight excluding hydrogens is 306 g/mol. The van der Waals surface area contributed by atoms with Gasteiger partial charge in [-0.25, -0.2) is 9.69 Å². The summed E-state index contributed by atoms with van der Waals surface area (Å²) in [4.78, 5) is 23.8. The first kappa shape index (κ1) is 15.9. The van der Waals surface area contributed by atoms with Crippen LogP contribution >= 0.6 is 0 Å². The first-order valence-corrected chi connectivity index (χ1v) is 7.75. The summed E-state index contributed by atoms with van der Waals surface area (Å²) in [5, 5.41) is 12.3. The van der Waals surface area contributed by atoms with Gasteiger partial charge >= 0.3 is 0 Å². The minimum Gasteiger partial charge on any atom is -0.306 e. The van der Waals surface area contributed by atoms with Crippen molar-refractivity contribution in [2.24, 2.45) is 5.10 Å². The number of hydrazone groups is 1. The van der Waals surface area contributed by atoms with Gasteiger partial charge in [-0.05, 0) is 12.5 Å². The molecule has 2 heterocycles. The number of rotatable bonds is 4. The summed E-state index contributed by atoms with van der Waals surface area (Å²) in [6.45, 7) is 2.60. The third-order valence-corrected chi connectivity index (χ3v) is 3.84. The van der Waals surface area contributed by atoms with Gasteiger partial charge in [-0.2, -0.15) is 10.2 Å². The Morgan fingerprint density at radius 1 is 1.29 bits per heavy atom. The monoisotopic (exact) mass is 325 g/mol. The van der Waals surface area contributed by atoms with Crippen molar-refractivity contribution in [3.8, 4) is 0 Å². The Balaban J connectivity index is 1.73. The normalized spacial score (nSPS) is 14.5. The van der Waals surface area contributed by atoms with Crippen molar-refractivity contribution in [2.45, 2.75) is 26.3 Å². The largest absolute Gasteiger partial charge is 0.306 e. The van der Waals surface area contributed by atoms with Crippen molar-refractivity contribution in [2.75, 3.05) is 12.4 Å². The molecule has 1 aliphatic heterocycles. The topological polar surface area (TPSA) is 79.6 Å². The van der Waals surface area contributed by atoms with E-state index < -0.39 is 0 Å². The van der Waals surface area contributed by atoms with Gasteiger partial charge in [-0.1, -0.05) is 29.8 Å². The summed E-state index contributed by atoms with van der Waals surface area (Å²) in [5.41, 5.74) is 2.63. The molecule has 0 bridgehead atoms. The van der Waals surface area contributed by atoms with Crippen LogP contribution in [0.2, 0.25) is 0 Å². The van der Waals surface area contributed by atoms with Crippen molar-refractivity contribution >= 4 is 23.3 Å². The summed E-state index contributed by atoms with van der Waals surface area (Å²) in [7, 11) is 1.55. The predicted octanol–water partition coefficient (Wildman–Crippen LogP) is 1.79. The fourth-order valence-corrected chi connectivity index (χ4v) is 2.57. The lowest BCUT2D eigenvalue weighted by molar-refractivity contribution is -0.130. The van der Waals surface area contributed by atoms with Crippen molar-refractivity contribution in [1.82, 2.24) is 14.8 Å². The highest BCUT2D eigenvalue weighted by molar-refractivity contribution is 6.43. The molecule has 3 rings (SSSR count). The van der Waals surface area contributed by atoms with Gasteiger partial charge in [0.2, 0.25) is 5.91 Å². The zero-order chi connectivity index (χ0) is 17.1. The average Bonchev–Trinajstić information content (AvgIpc) is 2.97. The molecule has 1 aromatic heterocycles. The molecule has 0 saturated carbocycles. The molecule has 0 aliphatic carbocycles. The molecule has 24 heavy (non-hydrogen) atoms. The van der Waals surface area contributed by atoms with Crippen LogP contribution in [0.4, 0.5) is 5.82 Å². The molecule has 1 N–H and O–H groups in total. The van der Waals surface area contributed by atoms with E-state index in [1.54, 1.807) is 24.0 Å². The third-order valence-electron chi connectivity index (χ3n) is 3.84. The summed E-state index contributed by atoms with van der Waals surface area (Å²) in [6.07, 6.45) is 2.29. The molecule has 7 heteroatoms. The number of carbonyl (C=O) groups is 2. The van der Waals surface area contributed by atoms with E-state index in [9.17, 15) is 9.59 Å². The Labute approximate surface area is 140 Å². The Hall–Kier alpha value is -2.96. The maximum atomic E-state index is 12.4. The van der Waals surface area contributed by atoms with E-state index in [-0.39, 0.29) is 11.8 Å². The second kappa shape index (κ2) is 6.66. The SMILES string of the molecule is Cc1cccc(Cn2nccc2NC(=O)C2=NN(C)C(=O)CC2)c1. The lowest BCUT2D eigenvalue weighted by Crippen LogP contribution is -2.34.